The van der Waals surface area contributed by atoms with Gasteiger partial charge in [-0.05, 0) is 82.5 Å². The van der Waals surface area contributed by atoms with E-state index in [9.17, 15) is 0 Å². The second-order valence-corrected chi connectivity index (χ2v) is 13.2. The monoisotopic (exact) mass is 392 g/mol. The average molecular weight is 393 g/mol. The molecule has 0 bridgehead atoms. The van der Waals surface area contributed by atoms with Crippen LogP contribution in [0.15, 0.2) is 48.1 Å². The van der Waals surface area contributed by atoms with E-state index in [1.165, 1.54) is 24.8 Å². The first-order valence-corrected chi connectivity index (χ1v) is 12.2. The average Bonchev–Trinajstić information content (AvgIpc) is 3.24. The van der Waals surface area contributed by atoms with Crippen molar-refractivity contribution in [3.05, 3.63) is 48.1 Å². The fourth-order valence-corrected chi connectivity index (χ4v) is 7.29. The first kappa shape index (κ1) is 21.2. The van der Waals surface area contributed by atoms with Crippen molar-refractivity contribution in [3.8, 4) is 0 Å². The molecule has 0 aromatic heterocycles. The highest BCUT2D eigenvalue weighted by atomic mass is 14.6. The molecule has 0 nitrogen and oxygen atoms in total. The van der Waals surface area contributed by atoms with Crippen LogP contribution in [0.1, 0.15) is 74.7 Å². The Hall–Kier alpha value is -1.04. The molecule has 160 valence electrons. The van der Waals surface area contributed by atoms with Crippen molar-refractivity contribution in [2.45, 2.75) is 74.7 Å². The third kappa shape index (κ3) is 3.64. The van der Waals surface area contributed by atoms with E-state index in [2.05, 4.69) is 97.9 Å². The zero-order valence-corrected chi connectivity index (χ0v) is 20.2. The molecular formula is C29H44. The van der Waals surface area contributed by atoms with E-state index in [0.29, 0.717) is 34.5 Å². The van der Waals surface area contributed by atoms with Crippen LogP contribution in [0.5, 0.6) is 0 Å². The van der Waals surface area contributed by atoms with Gasteiger partial charge in [0.1, 0.15) is 0 Å². The molecule has 29 heavy (non-hydrogen) atoms. The van der Waals surface area contributed by atoms with E-state index in [1.807, 2.05) is 0 Å². The highest BCUT2D eigenvalue weighted by Gasteiger charge is 2.56. The fraction of sp³-hybridized carbons (Fsp3) is 0.724. The van der Waals surface area contributed by atoms with Gasteiger partial charge in [0.25, 0.3) is 0 Å². The third-order valence-electron chi connectivity index (χ3n) is 9.25. The molecule has 0 spiro atoms. The van der Waals surface area contributed by atoms with Gasteiger partial charge >= 0.3 is 0 Å². The van der Waals surface area contributed by atoms with E-state index in [4.69, 9.17) is 0 Å². The standard InChI is InChI=1S/C29H44/c1-27(2,3)19-13-14-21(17-19)29(7,8)26-23-12-10-9-11-22(23)25-18-20(28(4,5)6)15-16-24(25)26/h9-12,15-16,18-19,21-26H,13-14,17H2,1-8H3. The summed E-state index contributed by atoms with van der Waals surface area (Å²) in [5, 5.41) is 0. The van der Waals surface area contributed by atoms with Gasteiger partial charge in [-0.1, -0.05) is 97.9 Å². The Kier molecular flexibility index (Phi) is 5.12. The molecule has 4 aliphatic rings. The van der Waals surface area contributed by atoms with Crippen LogP contribution in [0.3, 0.4) is 0 Å². The van der Waals surface area contributed by atoms with Crippen LogP contribution in [0, 0.1) is 57.7 Å². The summed E-state index contributed by atoms with van der Waals surface area (Å²) < 4.78 is 0. The van der Waals surface area contributed by atoms with Crippen molar-refractivity contribution in [2.24, 2.45) is 57.7 Å². The van der Waals surface area contributed by atoms with Crippen molar-refractivity contribution >= 4 is 0 Å². The molecule has 0 saturated heterocycles. The van der Waals surface area contributed by atoms with Gasteiger partial charge in [-0.2, -0.15) is 0 Å². The number of allylic oxidation sites excluding steroid dienone is 8. The minimum absolute atomic E-state index is 0.240. The van der Waals surface area contributed by atoms with Crippen LogP contribution in [0.2, 0.25) is 0 Å². The SMILES string of the molecule is CC(C)(C)C1=CC2C3C=CC=CC3C(C(C)(C)C3CCC(C(C)(C)C)C3)C2C=C1. The van der Waals surface area contributed by atoms with Gasteiger partial charge in [-0.25, -0.2) is 0 Å². The first-order valence-electron chi connectivity index (χ1n) is 12.2. The quantitative estimate of drug-likeness (QED) is 0.444. The molecule has 0 heterocycles. The minimum atomic E-state index is 0.240. The van der Waals surface area contributed by atoms with Crippen LogP contribution in [0.4, 0.5) is 0 Å². The fourth-order valence-electron chi connectivity index (χ4n) is 7.29. The molecule has 7 atom stereocenters. The third-order valence-corrected chi connectivity index (χ3v) is 9.25. The molecular weight excluding hydrogens is 348 g/mol. The maximum atomic E-state index is 2.66. The second kappa shape index (κ2) is 7.00. The number of rotatable bonds is 2. The molecule has 4 aliphatic carbocycles. The van der Waals surface area contributed by atoms with E-state index in [-0.39, 0.29) is 5.41 Å². The number of hydrogen-bond donors (Lipinski definition) is 0. The summed E-state index contributed by atoms with van der Waals surface area (Å²) in [5.41, 5.74) is 2.61. The molecule has 0 amide bonds. The normalized spacial score (nSPS) is 39.4. The van der Waals surface area contributed by atoms with E-state index < -0.39 is 0 Å². The van der Waals surface area contributed by atoms with Gasteiger partial charge in [-0.15, -0.1) is 0 Å². The second-order valence-electron chi connectivity index (χ2n) is 13.2. The Labute approximate surface area is 180 Å². The Morgan fingerprint density at radius 1 is 0.690 bits per heavy atom. The summed E-state index contributed by atoms with van der Waals surface area (Å²) >= 11 is 0. The smallest absolute Gasteiger partial charge is 0.00925 e. The summed E-state index contributed by atoms with van der Waals surface area (Å²) in [6, 6.07) is 0. The van der Waals surface area contributed by atoms with Crippen LogP contribution in [-0.2, 0) is 0 Å². The summed E-state index contributed by atoms with van der Waals surface area (Å²) in [6.07, 6.45) is 21.7. The predicted molar refractivity (Wildman–Crippen MR) is 126 cm³/mol. The lowest BCUT2D eigenvalue weighted by Crippen LogP contribution is -2.38. The predicted octanol–water partition coefficient (Wildman–Crippen LogP) is 8.24. The molecule has 0 N–H and O–H groups in total. The van der Waals surface area contributed by atoms with Crippen LogP contribution >= 0.6 is 0 Å². The minimum Gasteiger partial charge on any atom is -0.0805 e. The van der Waals surface area contributed by atoms with Crippen molar-refractivity contribution in [1.82, 2.24) is 0 Å². The van der Waals surface area contributed by atoms with Crippen LogP contribution < -0.4 is 0 Å². The Morgan fingerprint density at radius 3 is 1.86 bits per heavy atom. The van der Waals surface area contributed by atoms with Gasteiger partial charge in [0.15, 0.2) is 0 Å². The lowest BCUT2D eigenvalue weighted by Gasteiger charge is -2.44. The van der Waals surface area contributed by atoms with E-state index in [0.717, 1.165) is 17.8 Å². The summed E-state index contributed by atoms with van der Waals surface area (Å²) in [5.74, 6) is 5.22. The highest BCUT2D eigenvalue weighted by molar-refractivity contribution is 5.36. The zero-order chi connectivity index (χ0) is 21.2. The molecule has 0 aromatic carbocycles. The van der Waals surface area contributed by atoms with Gasteiger partial charge in [0.2, 0.25) is 0 Å². The molecule has 4 rings (SSSR count). The maximum absolute atomic E-state index is 2.66. The number of hydrogen-bond acceptors (Lipinski definition) is 0. The largest absolute Gasteiger partial charge is 0.0805 e. The van der Waals surface area contributed by atoms with Crippen molar-refractivity contribution in [2.75, 3.05) is 0 Å². The lowest BCUT2D eigenvalue weighted by atomic mass is 9.60. The zero-order valence-electron chi connectivity index (χ0n) is 20.2. The molecule has 2 saturated carbocycles. The Balaban J connectivity index is 1.66. The lowest BCUT2D eigenvalue weighted by molar-refractivity contribution is 0.0680. The van der Waals surface area contributed by atoms with Crippen LogP contribution in [0.25, 0.3) is 0 Å². The first-order chi connectivity index (χ1) is 13.4. The molecule has 0 heteroatoms. The molecule has 0 aromatic rings. The van der Waals surface area contributed by atoms with Crippen molar-refractivity contribution in [3.63, 3.8) is 0 Å². The molecule has 2 fully saturated rings. The van der Waals surface area contributed by atoms with Crippen LogP contribution in [-0.4, -0.2) is 0 Å². The maximum Gasteiger partial charge on any atom is -0.00925 e. The molecule has 0 radical (unpaired) electrons. The Morgan fingerprint density at radius 2 is 1.28 bits per heavy atom. The summed E-state index contributed by atoms with van der Waals surface area (Å²) in [7, 11) is 0. The topological polar surface area (TPSA) is 0 Å². The molecule has 0 aliphatic heterocycles. The van der Waals surface area contributed by atoms with Gasteiger partial charge in [0.05, 0.1) is 0 Å². The van der Waals surface area contributed by atoms with Crippen molar-refractivity contribution < 1.29 is 0 Å². The van der Waals surface area contributed by atoms with Gasteiger partial charge in [0, 0.05) is 0 Å². The molecule has 7 unspecified atom stereocenters. The van der Waals surface area contributed by atoms with Crippen molar-refractivity contribution in [1.29, 1.82) is 0 Å². The van der Waals surface area contributed by atoms with Gasteiger partial charge in [-0.3, -0.25) is 0 Å². The number of fused-ring (bicyclic) bond motifs is 3. The summed E-state index contributed by atoms with van der Waals surface area (Å²) in [4.78, 5) is 0. The van der Waals surface area contributed by atoms with E-state index >= 15 is 0 Å². The van der Waals surface area contributed by atoms with E-state index in [1.54, 1.807) is 0 Å². The highest BCUT2D eigenvalue weighted by Crippen LogP contribution is 2.62. The summed E-state index contributed by atoms with van der Waals surface area (Å²) in [6.45, 7) is 19.7. The van der Waals surface area contributed by atoms with Gasteiger partial charge < -0.3 is 0 Å². The Bertz CT molecular complexity index is 742.